The molecule has 3 atom stereocenters. The standard InChI is InChI=1S/C30H37N4O5P/c1-3-21(2)29(35)33-26(17-23-11-13-24(14-12-23)20-40(37,38)39)30(36)34-15-7-10-28(34)27-19-31-18-25(32-27)16-22-8-5-4-6-9-22/h4-6,8-9,11-14,18-19,21,26,28H,3,7,10,15-17,20H2,1-2H3,(H,33,35)(H2,37,38,39)/p-2/t21-,26+,28-/m1/s1. The largest absolute Gasteiger partial charge is 0.810 e. The van der Waals surface area contributed by atoms with Gasteiger partial charge < -0.3 is 24.6 Å². The normalized spacial score (nSPS) is 16.9. The number of carbonyl (C=O) groups excluding carboxylic acids is 2. The number of amides is 2. The molecule has 0 bridgehead atoms. The average molecular weight is 563 g/mol. The lowest BCUT2D eigenvalue weighted by Crippen LogP contribution is -2.50. The highest BCUT2D eigenvalue weighted by Crippen LogP contribution is 2.32. The van der Waals surface area contributed by atoms with Crippen molar-refractivity contribution in [2.45, 2.75) is 64.2 Å². The monoisotopic (exact) mass is 562 g/mol. The summed E-state index contributed by atoms with van der Waals surface area (Å²) in [5.41, 5.74) is 3.82. The van der Waals surface area contributed by atoms with Gasteiger partial charge in [-0.3, -0.25) is 19.6 Å². The molecule has 1 saturated heterocycles. The summed E-state index contributed by atoms with van der Waals surface area (Å²) in [6.45, 7) is 4.29. The van der Waals surface area contributed by atoms with Gasteiger partial charge >= 0.3 is 0 Å². The second-order valence-corrected chi connectivity index (χ2v) is 12.0. The zero-order chi connectivity index (χ0) is 28.7. The highest BCUT2D eigenvalue weighted by molar-refractivity contribution is 7.47. The van der Waals surface area contributed by atoms with Gasteiger partial charge in [0.05, 0.1) is 23.6 Å². The van der Waals surface area contributed by atoms with E-state index in [1.807, 2.05) is 44.2 Å². The number of nitrogens with one attached hydrogen (secondary N) is 1. The van der Waals surface area contributed by atoms with Crippen molar-refractivity contribution in [1.82, 2.24) is 20.2 Å². The molecule has 212 valence electrons. The maximum Gasteiger partial charge on any atom is 0.246 e. The van der Waals surface area contributed by atoms with Crippen molar-refractivity contribution in [3.05, 3.63) is 95.1 Å². The second-order valence-electron chi connectivity index (χ2n) is 10.4. The van der Waals surface area contributed by atoms with E-state index in [4.69, 9.17) is 4.98 Å². The molecule has 0 spiro atoms. The molecule has 1 N–H and O–H groups in total. The van der Waals surface area contributed by atoms with Crippen LogP contribution < -0.4 is 15.1 Å². The zero-order valence-corrected chi connectivity index (χ0v) is 23.8. The fourth-order valence-electron chi connectivity index (χ4n) is 4.95. The van der Waals surface area contributed by atoms with Crippen LogP contribution in [0.15, 0.2) is 67.0 Å². The van der Waals surface area contributed by atoms with Crippen molar-refractivity contribution in [3.8, 4) is 0 Å². The molecule has 3 aromatic rings. The molecule has 9 nitrogen and oxygen atoms in total. The quantitative estimate of drug-likeness (QED) is 0.355. The summed E-state index contributed by atoms with van der Waals surface area (Å²) in [7, 11) is -4.68. The third-order valence-electron chi connectivity index (χ3n) is 7.32. The van der Waals surface area contributed by atoms with Gasteiger partial charge in [0.25, 0.3) is 0 Å². The van der Waals surface area contributed by atoms with Crippen molar-refractivity contribution in [1.29, 1.82) is 0 Å². The van der Waals surface area contributed by atoms with Crippen molar-refractivity contribution >= 4 is 19.4 Å². The summed E-state index contributed by atoms with van der Waals surface area (Å²) in [5, 5.41) is 2.95. The Morgan fingerprint density at radius 3 is 2.42 bits per heavy atom. The molecular formula is C30H35N4O5P-2. The van der Waals surface area contributed by atoms with Crippen LogP contribution in [0.2, 0.25) is 0 Å². The van der Waals surface area contributed by atoms with Crippen LogP contribution in [0.1, 0.15) is 67.2 Å². The minimum absolute atomic E-state index is 0.192. The van der Waals surface area contributed by atoms with Gasteiger partial charge in [0.2, 0.25) is 11.8 Å². The smallest absolute Gasteiger partial charge is 0.246 e. The molecule has 0 saturated carbocycles. The van der Waals surface area contributed by atoms with Gasteiger partial charge in [-0.15, -0.1) is 0 Å². The summed E-state index contributed by atoms with van der Waals surface area (Å²) in [5.74, 6) is -0.644. The Kier molecular flexibility index (Phi) is 9.85. The van der Waals surface area contributed by atoms with Crippen LogP contribution in [0.3, 0.4) is 0 Å². The molecule has 10 heteroatoms. The number of rotatable bonds is 11. The molecule has 2 heterocycles. The van der Waals surface area contributed by atoms with E-state index in [9.17, 15) is 23.9 Å². The molecule has 40 heavy (non-hydrogen) atoms. The molecule has 1 aliphatic rings. The van der Waals surface area contributed by atoms with Gasteiger partial charge in [-0.1, -0.05) is 76.0 Å². The van der Waals surface area contributed by atoms with Gasteiger partial charge in [-0.25, -0.2) is 0 Å². The summed E-state index contributed by atoms with van der Waals surface area (Å²) in [6, 6.07) is 15.5. The molecule has 2 aromatic carbocycles. The maximum atomic E-state index is 14.0. The highest BCUT2D eigenvalue weighted by atomic mass is 31.2. The summed E-state index contributed by atoms with van der Waals surface area (Å²) < 4.78 is 11.1. The van der Waals surface area contributed by atoms with E-state index in [0.29, 0.717) is 24.9 Å². The molecule has 1 aliphatic heterocycles. The van der Waals surface area contributed by atoms with Crippen molar-refractivity contribution in [3.63, 3.8) is 0 Å². The molecule has 0 radical (unpaired) electrons. The van der Waals surface area contributed by atoms with E-state index in [-0.39, 0.29) is 30.2 Å². The molecule has 4 rings (SSSR count). The first kappa shape index (κ1) is 29.6. The van der Waals surface area contributed by atoms with Crippen LogP contribution in [-0.2, 0) is 33.2 Å². The van der Waals surface area contributed by atoms with E-state index in [2.05, 4.69) is 10.3 Å². The van der Waals surface area contributed by atoms with Crippen LogP contribution >= 0.6 is 7.60 Å². The van der Waals surface area contributed by atoms with E-state index < -0.39 is 19.8 Å². The lowest BCUT2D eigenvalue weighted by atomic mass is 10.0. The molecule has 1 aromatic heterocycles. The van der Waals surface area contributed by atoms with Gasteiger partial charge in [0.1, 0.15) is 6.04 Å². The second kappa shape index (κ2) is 13.3. The molecule has 0 aliphatic carbocycles. The Labute approximate surface area is 235 Å². The first-order valence-electron chi connectivity index (χ1n) is 13.7. The first-order valence-corrected chi connectivity index (χ1v) is 15.4. The summed E-state index contributed by atoms with van der Waals surface area (Å²) in [4.78, 5) is 60.2. The van der Waals surface area contributed by atoms with Crippen LogP contribution in [0.25, 0.3) is 0 Å². The third kappa shape index (κ3) is 8.07. The number of aromatic nitrogens is 2. The van der Waals surface area contributed by atoms with Crippen LogP contribution in [0.4, 0.5) is 0 Å². The Hall–Kier alpha value is -3.39. The Morgan fingerprint density at radius 2 is 1.75 bits per heavy atom. The van der Waals surface area contributed by atoms with E-state index in [0.717, 1.165) is 35.4 Å². The third-order valence-corrected chi connectivity index (χ3v) is 8.07. The molecule has 2 amide bonds. The molecule has 1 fully saturated rings. The lowest BCUT2D eigenvalue weighted by Gasteiger charge is -2.30. The minimum atomic E-state index is -4.68. The van der Waals surface area contributed by atoms with Crippen molar-refractivity contribution in [2.24, 2.45) is 5.92 Å². The predicted molar refractivity (Wildman–Crippen MR) is 148 cm³/mol. The molecular weight excluding hydrogens is 527 g/mol. The van der Waals surface area contributed by atoms with Crippen LogP contribution in [0, 0.1) is 5.92 Å². The Bertz CT molecular complexity index is 1350. The van der Waals surface area contributed by atoms with E-state index in [1.54, 1.807) is 41.6 Å². The van der Waals surface area contributed by atoms with Crippen LogP contribution in [0.5, 0.6) is 0 Å². The van der Waals surface area contributed by atoms with Crippen molar-refractivity contribution < 1.29 is 23.9 Å². The number of carbonyl (C=O) groups is 2. The maximum absolute atomic E-state index is 14.0. The van der Waals surface area contributed by atoms with Gasteiger partial charge in [-0.2, -0.15) is 0 Å². The van der Waals surface area contributed by atoms with Gasteiger partial charge in [-0.05, 0) is 36.0 Å². The fraction of sp³-hybridized carbons (Fsp3) is 0.400. The average Bonchev–Trinajstić information content (AvgIpc) is 3.43. The predicted octanol–water partition coefficient (Wildman–Crippen LogP) is 2.92. The zero-order valence-electron chi connectivity index (χ0n) is 22.9. The Balaban J connectivity index is 1.54. The number of benzene rings is 2. The number of likely N-dealkylation sites (tertiary alicyclic amines) is 1. The fourth-order valence-corrected chi connectivity index (χ4v) is 5.61. The van der Waals surface area contributed by atoms with Gasteiger partial charge in [0.15, 0.2) is 0 Å². The van der Waals surface area contributed by atoms with Crippen LogP contribution in [-0.4, -0.2) is 39.3 Å². The number of nitrogens with zero attached hydrogens (tertiary/aromatic N) is 3. The number of hydrogen-bond donors (Lipinski definition) is 1. The highest BCUT2D eigenvalue weighted by Gasteiger charge is 2.36. The topological polar surface area (TPSA) is 138 Å². The lowest BCUT2D eigenvalue weighted by molar-refractivity contribution is -0.314. The van der Waals surface area contributed by atoms with Crippen molar-refractivity contribution in [2.75, 3.05) is 6.54 Å². The Morgan fingerprint density at radius 1 is 1.05 bits per heavy atom. The van der Waals surface area contributed by atoms with E-state index >= 15 is 0 Å². The minimum Gasteiger partial charge on any atom is -0.810 e. The molecule has 0 unspecified atom stereocenters. The summed E-state index contributed by atoms with van der Waals surface area (Å²) >= 11 is 0. The van der Waals surface area contributed by atoms with E-state index in [1.165, 1.54) is 0 Å². The van der Waals surface area contributed by atoms with Gasteiger partial charge in [0, 0.05) is 37.7 Å². The first-order chi connectivity index (χ1) is 19.1. The summed E-state index contributed by atoms with van der Waals surface area (Å²) in [6.07, 6.45) is 5.96. The number of hydrogen-bond acceptors (Lipinski definition) is 7. The SMILES string of the molecule is CC[C@@H](C)C(=O)N[C@@H](Cc1ccc(CP(=O)([O-])[O-])cc1)C(=O)N1CCC[C@@H]1c1cncc(Cc2ccccc2)n1.